The van der Waals surface area contributed by atoms with Crippen LogP contribution in [0, 0.1) is 0 Å². The van der Waals surface area contributed by atoms with Gasteiger partial charge in [0.25, 0.3) is 0 Å². The van der Waals surface area contributed by atoms with Gasteiger partial charge in [-0.05, 0) is 29.5 Å². The SMILES string of the molecule is CCc1ccccc1Cc1ccccc1.O=S=O. The maximum absolute atomic E-state index is 8.29. The topological polar surface area (TPSA) is 34.1 Å². The van der Waals surface area contributed by atoms with E-state index in [1.807, 2.05) is 0 Å². The van der Waals surface area contributed by atoms with Crippen LogP contribution in [0.3, 0.4) is 0 Å². The van der Waals surface area contributed by atoms with Crippen LogP contribution in [0.15, 0.2) is 54.6 Å². The maximum atomic E-state index is 8.29. The molecule has 2 nitrogen and oxygen atoms in total. The molecule has 2 aromatic rings. The fraction of sp³-hybridized carbons (Fsp3) is 0.200. The van der Waals surface area contributed by atoms with Crippen LogP contribution < -0.4 is 0 Å². The van der Waals surface area contributed by atoms with E-state index in [1.54, 1.807) is 0 Å². The van der Waals surface area contributed by atoms with Gasteiger partial charge in [0.05, 0.1) is 0 Å². The van der Waals surface area contributed by atoms with E-state index in [0.29, 0.717) is 0 Å². The molecule has 0 aliphatic heterocycles. The zero-order valence-corrected chi connectivity index (χ0v) is 11.2. The summed E-state index contributed by atoms with van der Waals surface area (Å²) < 4.78 is 16.6. The largest absolute Gasteiger partial charge is 0.335 e. The molecule has 0 radical (unpaired) electrons. The highest BCUT2D eigenvalue weighted by molar-refractivity contribution is 7.51. The Hall–Kier alpha value is -1.74. The molecule has 0 fully saturated rings. The molecular weight excluding hydrogens is 244 g/mol. The van der Waals surface area contributed by atoms with Gasteiger partial charge in [-0.15, -0.1) is 0 Å². The molecule has 94 valence electrons. The molecule has 0 heterocycles. The van der Waals surface area contributed by atoms with E-state index in [2.05, 4.69) is 61.5 Å². The minimum absolute atomic E-state index is 0.750. The van der Waals surface area contributed by atoms with Gasteiger partial charge >= 0.3 is 11.6 Å². The molecular formula is C15H16O2S. The minimum atomic E-state index is -0.750. The lowest BCUT2D eigenvalue weighted by Crippen LogP contribution is -1.93. The Morgan fingerprint density at radius 3 is 1.89 bits per heavy atom. The second-order valence-electron chi connectivity index (χ2n) is 3.85. The quantitative estimate of drug-likeness (QED) is 0.849. The molecule has 0 N–H and O–H groups in total. The van der Waals surface area contributed by atoms with E-state index in [1.165, 1.54) is 16.7 Å². The highest BCUT2D eigenvalue weighted by atomic mass is 32.1. The lowest BCUT2D eigenvalue weighted by molar-refractivity contribution is 0.630. The van der Waals surface area contributed by atoms with E-state index in [4.69, 9.17) is 8.42 Å². The standard InChI is InChI=1S/C15H16.O2S/c1-2-14-10-6-7-11-15(14)12-13-8-4-3-5-9-13;1-3-2/h3-11H,2,12H2,1H3;. The monoisotopic (exact) mass is 260 g/mol. The molecule has 0 unspecified atom stereocenters. The van der Waals surface area contributed by atoms with Gasteiger partial charge in [0.1, 0.15) is 0 Å². The summed E-state index contributed by atoms with van der Waals surface area (Å²) in [4.78, 5) is 0. The van der Waals surface area contributed by atoms with Crippen molar-refractivity contribution in [1.82, 2.24) is 0 Å². The summed E-state index contributed by atoms with van der Waals surface area (Å²) >= 11 is -0.750. The zero-order valence-electron chi connectivity index (χ0n) is 10.3. The molecule has 0 saturated heterocycles. The van der Waals surface area contributed by atoms with E-state index in [0.717, 1.165) is 12.8 Å². The molecule has 2 rings (SSSR count). The molecule has 0 spiro atoms. The molecule has 2 aromatic carbocycles. The third kappa shape index (κ3) is 4.63. The second-order valence-corrected chi connectivity index (χ2v) is 3.99. The summed E-state index contributed by atoms with van der Waals surface area (Å²) in [6, 6.07) is 19.3. The van der Waals surface area contributed by atoms with E-state index < -0.39 is 11.6 Å². The normalized spacial score (nSPS) is 9.17. The fourth-order valence-electron chi connectivity index (χ4n) is 1.89. The van der Waals surface area contributed by atoms with Crippen LogP contribution in [0.2, 0.25) is 0 Å². The highest BCUT2D eigenvalue weighted by Gasteiger charge is 2.00. The zero-order chi connectivity index (χ0) is 13.2. The molecule has 0 atom stereocenters. The molecule has 0 aliphatic carbocycles. The Kier molecular flexibility index (Phi) is 6.66. The van der Waals surface area contributed by atoms with Crippen molar-refractivity contribution in [1.29, 1.82) is 0 Å². The van der Waals surface area contributed by atoms with Gasteiger partial charge < -0.3 is 0 Å². The van der Waals surface area contributed by atoms with Crippen LogP contribution in [0.5, 0.6) is 0 Å². The number of benzene rings is 2. The fourth-order valence-corrected chi connectivity index (χ4v) is 1.89. The Balaban J connectivity index is 0.000000492. The molecule has 3 heteroatoms. The molecule has 0 aromatic heterocycles. The first kappa shape index (κ1) is 14.3. The average molecular weight is 260 g/mol. The Morgan fingerprint density at radius 1 is 0.833 bits per heavy atom. The average Bonchev–Trinajstić information content (AvgIpc) is 2.41. The number of aryl methyl sites for hydroxylation is 1. The van der Waals surface area contributed by atoms with Crippen LogP contribution in [-0.4, -0.2) is 8.42 Å². The van der Waals surface area contributed by atoms with Crippen LogP contribution in [0.1, 0.15) is 23.6 Å². The predicted octanol–water partition coefficient (Wildman–Crippen LogP) is 3.17. The smallest absolute Gasteiger partial charge is 0.168 e. The van der Waals surface area contributed by atoms with Gasteiger partial charge in [-0.25, -0.2) is 0 Å². The highest BCUT2D eigenvalue weighted by Crippen LogP contribution is 2.14. The van der Waals surface area contributed by atoms with E-state index in [9.17, 15) is 0 Å². The Morgan fingerprint density at radius 2 is 1.33 bits per heavy atom. The number of rotatable bonds is 3. The van der Waals surface area contributed by atoms with Crippen molar-refractivity contribution in [3.63, 3.8) is 0 Å². The van der Waals surface area contributed by atoms with Gasteiger partial charge in [0.15, 0.2) is 0 Å². The van der Waals surface area contributed by atoms with Crippen LogP contribution >= 0.6 is 0 Å². The second kappa shape index (κ2) is 8.37. The van der Waals surface area contributed by atoms with Crippen LogP contribution in [-0.2, 0) is 24.4 Å². The lowest BCUT2D eigenvalue weighted by atomic mass is 9.98. The Bertz CT molecular complexity index is 503. The summed E-state index contributed by atoms with van der Waals surface area (Å²) in [7, 11) is 0. The first-order valence-corrected chi connectivity index (χ1v) is 6.51. The minimum Gasteiger partial charge on any atom is -0.168 e. The maximum Gasteiger partial charge on any atom is 0.335 e. The summed E-state index contributed by atoms with van der Waals surface area (Å²) in [6.45, 7) is 2.21. The van der Waals surface area contributed by atoms with Gasteiger partial charge in [-0.2, -0.15) is 8.42 Å². The lowest BCUT2D eigenvalue weighted by Gasteiger charge is -2.07. The first-order valence-electron chi connectivity index (χ1n) is 5.84. The summed E-state index contributed by atoms with van der Waals surface area (Å²) in [5, 5.41) is 0. The molecule has 0 bridgehead atoms. The molecule has 0 amide bonds. The van der Waals surface area contributed by atoms with Gasteiger partial charge in [-0.3, -0.25) is 0 Å². The van der Waals surface area contributed by atoms with Gasteiger partial charge in [0, 0.05) is 0 Å². The van der Waals surface area contributed by atoms with Crippen molar-refractivity contribution in [3.8, 4) is 0 Å². The number of hydrogen-bond donors (Lipinski definition) is 0. The van der Waals surface area contributed by atoms with E-state index >= 15 is 0 Å². The molecule has 18 heavy (non-hydrogen) atoms. The third-order valence-corrected chi connectivity index (χ3v) is 2.74. The molecule has 0 saturated carbocycles. The molecule has 0 aliphatic rings. The van der Waals surface area contributed by atoms with Crippen molar-refractivity contribution in [3.05, 3.63) is 71.3 Å². The van der Waals surface area contributed by atoms with Gasteiger partial charge in [-0.1, -0.05) is 61.5 Å². The number of hydrogen-bond acceptors (Lipinski definition) is 2. The predicted molar refractivity (Wildman–Crippen MR) is 74.0 cm³/mol. The Labute approximate surface area is 111 Å². The van der Waals surface area contributed by atoms with E-state index in [-0.39, 0.29) is 0 Å². The van der Waals surface area contributed by atoms with Crippen molar-refractivity contribution >= 4 is 11.6 Å². The first-order chi connectivity index (χ1) is 8.81. The van der Waals surface area contributed by atoms with Crippen LogP contribution in [0.4, 0.5) is 0 Å². The third-order valence-electron chi connectivity index (χ3n) is 2.74. The summed E-state index contributed by atoms with van der Waals surface area (Å²) in [6.07, 6.45) is 2.16. The van der Waals surface area contributed by atoms with Crippen LogP contribution in [0.25, 0.3) is 0 Å². The van der Waals surface area contributed by atoms with Crippen molar-refractivity contribution in [2.75, 3.05) is 0 Å². The van der Waals surface area contributed by atoms with Crippen molar-refractivity contribution in [2.45, 2.75) is 19.8 Å². The van der Waals surface area contributed by atoms with Crippen molar-refractivity contribution in [2.24, 2.45) is 0 Å². The summed E-state index contributed by atoms with van der Waals surface area (Å²) in [5.74, 6) is 0. The summed E-state index contributed by atoms with van der Waals surface area (Å²) in [5.41, 5.74) is 4.30. The van der Waals surface area contributed by atoms with Crippen molar-refractivity contribution < 1.29 is 8.42 Å². The van der Waals surface area contributed by atoms with Gasteiger partial charge in [0.2, 0.25) is 0 Å².